The molecule has 0 atom stereocenters. The molecule has 1 heteroatoms. The van der Waals surface area contributed by atoms with Gasteiger partial charge in [0.2, 0.25) is 0 Å². The molecule has 0 aliphatic carbocycles. The summed E-state index contributed by atoms with van der Waals surface area (Å²) in [7, 11) is 0. The van der Waals surface area contributed by atoms with Gasteiger partial charge in [-0.05, 0) is 83.7 Å². The number of benzene rings is 9. The van der Waals surface area contributed by atoms with Gasteiger partial charge in [-0.3, -0.25) is 0 Å². The third-order valence-electron chi connectivity index (χ3n) is 9.82. The van der Waals surface area contributed by atoms with Crippen LogP contribution in [0, 0.1) is 0 Å². The van der Waals surface area contributed by atoms with Crippen molar-refractivity contribution in [2.75, 3.05) is 0 Å². The molecule has 10 rings (SSSR count). The summed E-state index contributed by atoms with van der Waals surface area (Å²) in [5.74, 6) is 0. The Hall–Kier alpha value is -6.18. The molecule has 0 unspecified atom stereocenters. The van der Waals surface area contributed by atoms with Crippen LogP contribution in [0.4, 0.5) is 0 Å². The number of para-hydroxylation sites is 1. The van der Waals surface area contributed by atoms with Gasteiger partial charge in [0.25, 0.3) is 0 Å². The maximum absolute atomic E-state index is 6.73. The van der Waals surface area contributed by atoms with Crippen LogP contribution < -0.4 is 0 Å². The minimum absolute atomic E-state index is 0.928. The predicted octanol–water partition coefficient (Wildman–Crippen LogP) is 13.2. The first-order valence-corrected chi connectivity index (χ1v) is 16.2. The fraction of sp³-hybridized carbons (Fsp3) is 0. The summed E-state index contributed by atoms with van der Waals surface area (Å²) in [5, 5.41) is 12.1. The van der Waals surface area contributed by atoms with E-state index in [-0.39, 0.29) is 0 Å². The maximum Gasteiger partial charge on any atom is 0.143 e. The summed E-state index contributed by atoms with van der Waals surface area (Å²) in [6.07, 6.45) is 0. The lowest BCUT2D eigenvalue weighted by atomic mass is 9.85. The molecule has 0 aliphatic heterocycles. The third kappa shape index (κ3) is 3.97. The SMILES string of the molecule is c1cc(-c2c3ccccc3c(-c3ccc4ccccc4c3)c3ccccc23)cc(-c2cccc3c2oc2c4ccccc4ccc32)c1. The molecule has 47 heavy (non-hydrogen) atoms. The lowest BCUT2D eigenvalue weighted by Crippen LogP contribution is -1.91. The van der Waals surface area contributed by atoms with Crippen LogP contribution in [0.5, 0.6) is 0 Å². The van der Waals surface area contributed by atoms with Crippen molar-refractivity contribution < 1.29 is 4.42 Å². The van der Waals surface area contributed by atoms with Gasteiger partial charge in [0.1, 0.15) is 11.2 Å². The minimum Gasteiger partial charge on any atom is -0.455 e. The first-order chi connectivity index (χ1) is 23.3. The van der Waals surface area contributed by atoms with Crippen molar-refractivity contribution in [2.45, 2.75) is 0 Å². The molecule has 0 spiro atoms. The Kier molecular flexibility index (Phi) is 5.64. The molecule has 0 bridgehead atoms. The second-order valence-electron chi connectivity index (χ2n) is 12.4. The number of hydrogen-bond acceptors (Lipinski definition) is 1. The normalized spacial score (nSPS) is 11.8. The van der Waals surface area contributed by atoms with E-state index in [1.54, 1.807) is 0 Å². The quantitative estimate of drug-likeness (QED) is 0.185. The molecule has 218 valence electrons. The van der Waals surface area contributed by atoms with Crippen molar-refractivity contribution in [3.8, 4) is 33.4 Å². The van der Waals surface area contributed by atoms with E-state index in [4.69, 9.17) is 4.42 Å². The van der Waals surface area contributed by atoms with Gasteiger partial charge in [-0.15, -0.1) is 0 Å². The third-order valence-corrected chi connectivity index (χ3v) is 9.82. The lowest BCUT2D eigenvalue weighted by molar-refractivity contribution is 0.674. The van der Waals surface area contributed by atoms with Crippen molar-refractivity contribution in [3.05, 3.63) is 170 Å². The lowest BCUT2D eigenvalue weighted by Gasteiger charge is -2.18. The fourth-order valence-corrected chi connectivity index (χ4v) is 7.69. The predicted molar refractivity (Wildman–Crippen MR) is 200 cm³/mol. The topological polar surface area (TPSA) is 13.1 Å². The summed E-state index contributed by atoms with van der Waals surface area (Å²) < 4.78 is 6.73. The zero-order chi connectivity index (χ0) is 30.9. The molecule has 0 N–H and O–H groups in total. The van der Waals surface area contributed by atoms with Crippen molar-refractivity contribution in [1.82, 2.24) is 0 Å². The van der Waals surface area contributed by atoms with E-state index in [0.29, 0.717) is 0 Å². The minimum atomic E-state index is 0.928. The molecule has 10 aromatic rings. The average molecular weight is 597 g/mol. The molecule has 0 radical (unpaired) electrons. The maximum atomic E-state index is 6.73. The van der Waals surface area contributed by atoms with E-state index in [2.05, 4.69) is 170 Å². The number of furan rings is 1. The highest BCUT2D eigenvalue weighted by Gasteiger charge is 2.18. The largest absolute Gasteiger partial charge is 0.455 e. The van der Waals surface area contributed by atoms with Gasteiger partial charge in [-0.2, -0.15) is 0 Å². The zero-order valence-electron chi connectivity index (χ0n) is 25.6. The Balaban J connectivity index is 1.22. The molecule has 0 saturated heterocycles. The van der Waals surface area contributed by atoms with Crippen LogP contribution >= 0.6 is 0 Å². The Bertz CT molecular complexity index is 2800. The summed E-state index contributed by atoms with van der Waals surface area (Å²) in [6.45, 7) is 0. The molecule has 9 aromatic carbocycles. The van der Waals surface area contributed by atoms with Crippen LogP contribution in [0.25, 0.3) is 98.4 Å². The molecule has 0 amide bonds. The smallest absolute Gasteiger partial charge is 0.143 e. The fourth-order valence-electron chi connectivity index (χ4n) is 7.69. The highest BCUT2D eigenvalue weighted by Crippen LogP contribution is 2.45. The Labute approximate surface area is 271 Å². The highest BCUT2D eigenvalue weighted by molar-refractivity contribution is 6.22. The average Bonchev–Trinajstić information content (AvgIpc) is 3.53. The molecule has 1 heterocycles. The summed E-state index contributed by atoms with van der Waals surface area (Å²) >= 11 is 0. The van der Waals surface area contributed by atoms with Crippen LogP contribution in [0.2, 0.25) is 0 Å². The molecule has 0 fully saturated rings. The molecule has 1 aromatic heterocycles. The van der Waals surface area contributed by atoms with Crippen molar-refractivity contribution in [3.63, 3.8) is 0 Å². The summed E-state index contributed by atoms with van der Waals surface area (Å²) in [4.78, 5) is 0. The number of fused-ring (bicyclic) bond motifs is 8. The van der Waals surface area contributed by atoms with E-state index in [9.17, 15) is 0 Å². The summed E-state index contributed by atoms with van der Waals surface area (Å²) in [5.41, 5.74) is 9.08. The van der Waals surface area contributed by atoms with Crippen LogP contribution in [0.3, 0.4) is 0 Å². The van der Waals surface area contributed by atoms with Gasteiger partial charge < -0.3 is 4.42 Å². The molecule has 1 nitrogen and oxygen atoms in total. The van der Waals surface area contributed by atoms with Gasteiger partial charge in [0.05, 0.1) is 0 Å². The van der Waals surface area contributed by atoms with E-state index < -0.39 is 0 Å². The Morgan fingerprint density at radius 3 is 1.51 bits per heavy atom. The molecule has 0 saturated carbocycles. The first-order valence-electron chi connectivity index (χ1n) is 16.2. The van der Waals surface area contributed by atoms with Crippen LogP contribution in [0.1, 0.15) is 0 Å². The molecular weight excluding hydrogens is 569 g/mol. The van der Waals surface area contributed by atoms with Crippen LogP contribution in [0.15, 0.2) is 174 Å². The number of rotatable bonds is 3. The van der Waals surface area contributed by atoms with E-state index >= 15 is 0 Å². The Morgan fingerprint density at radius 1 is 0.277 bits per heavy atom. The molecule has 0 aliphatic rings. The second kappa shape index (κ2) is 10.2. The van der Waals surface area contributed by atoms with Crippen LogP contribution in [-0.4, -0.2) is 0 Å². The Morgan fingerprint density at radius 2 is 0.787 bits per heavy atom. The zero-order valence-corrected chi connectivity index (χ0v) is 25.6. The first kappa shape index (κ1) is 26.1. The number of hydrogen-bond donors (Lipinski definition) is 0. The monoisotopic (exact) mass is 596 g/mol. The van der Waals surface area contributed by atoms with Gasteiger partial charge in [-0.25, -0.2) is 0 Å². The molecular formula is C46H28O. The second-order valence-corrected chi connectivity index (χ2v) is 12.4. The standard InChI is InChI=1S/C46H28O/c1-2-13-31-27-34(24-23-29(31)11-1)44-39-19-7-5-17-37(39)43(38-18-6-8-20-40(38)44)33-15-9-14-32(28-33)36-21-10-22-41-42-26-25-30-12-3-4-16-35(30)45(42)47-46(36)41/h1-28H. The van der Waals surface area contributed by atoms with Crippen LogP contribution in [-0.2, 0) is 0 Å². The highest BCUT2D eigenvalue weighted by atomic mass is 16.3. The van der Waals surface area contributed by atoms with Gasteiger partial charge in [0, 0.05) is 21.7 Å². The van der Waals surface area contributed by atoms with Gasteiger partial charge in [0.15, 0.2) is 0 Å². The van der Waals surface area contributed by atoms with E-state index in [1.165, 1.54) is 60.0 Å². The van der Waals surface area contributed by atoms with Crippen molar-refractivity contribution >= 4 is 65.0 Å². The van der Waals surface area contributed by atoms with Crippen molar-refractivity contribution in [2.24, 2.45) is 0 Å². The van der Waals surface area contributed by atoms with Crippen molar-refractivity contribution in [1.29, 1.82) is 0 Å². The van der Waals surface area contributed by atoms with E-state index in [0.717, 1.165) is 38.5 Å². The van der Waals surface area contributed by atoms with E-state index in [1.807, 2.05) is 0 Å². The van der Waals surface area contributed by atoms with Gasteiger partial charge in [-0.1, -0.05) is 152 Å². The van der Waals surface area contributed by atoms with Gasteiger partial charge >= 0.3 is 0 Å². The summed E-state index contributed by atoms with van der Waals surface area (Å²) in [6, 6.07) is 61.5.